The molecule has 2 atom stereocenters. The Morgan fingerprint density at radius 2 is 2.23 bits per heavy atom. The van der Waals surface area contributed by atoms with Gasteiger partial charge in [0, 0.05) is 44.7 Å². The van der Waals surface area contributed by atoms with Crippen molar-refractivity contribution < 1.29 is 4.42 Å². The minimum absolute atomic E-state index is 0.756. The number of aliphatic imine (C=N–C) groups is 1. The maximum Gasteiger partial charge on any atom is 0.194 e. The summed E-state index contributed by atoms with van der Waals surface area (Å²) in [6.07, 6.45) is 11.3. The van der Waals surface area contributed by atoms with Crippen LogP contribution in [0, 0.1) is 5.92 Å². The topological polar surface area (TPSA) is 44.0 Å². The zero-order chi connectivity index (χ0) is 17.8. The van der Waals surface area contributed by atoms with Crippen LogP contribution < -0.4 is 5.32 Å². The SMILES string of the molecule is C=CCNC(=NCCc1ccco1)N1CCC2C(CCCN2C2CC2)C1. The lowest BCUT2D eigenvalue weighted by Crippen LogP contribution is -2.57. The normalized spacial score (nSPS) is 27.2. The summed E-state index contributed by atoms with van der Waals surface area (Å²) < 4.78 is 5.43. The molecule has 0 spiro atoms. The van der Waals surface area contributed by atoms with E-state index >= 15 is 0 Å². The summed E-state index contributed by atoms with van der Waals surface area (Å²) in [6.45, 7) is 8.93. The van der Waals surface area contributed by atoms with Gasteiger partial charge < -0.3 is 14.6 Å². The summed E-state index contributed by atoms with van der Waals surface area (Å²) in [4.78, 5) is 10.2. The molecule has 2 saturated heterocycles. The van der Waals surface area contributed by atoms with Crippen LogP contribution in [0.5, 0.6) is 0 Å². The maximum absolute atomic E-state index is 5.43. The standard InChI is InChI=1S/C21H32N4O/c1-2-11-22-21(23-12-9-19-6-4-15-26-19)24-14-10-20-17(16-24)5-3-13-25(20)18-7-8-18/h2,4,6,15,17-18,20H,1,3,5,7-14,16H2,(H,22,23). The molecule has 2 unspecified atom stereocenters. The molecule has 5 nitrogen and oxygen atoms in total. The van der Waals surface area contributed by atoms with E-state index in [1.165, 1.54) is 38.6 Å². The van der Waals surface area contributed by atoms with E-state index in [1.54, 1.807) is 6.26 Å². The molecule has 1 aromatic heterocycles. The zero-order valence-corrected chi connectivity index (χ0v) is 15.8. The van der Waals surface area contributed by atoms with E-state index in [2.05, 4.69) is 21.7 Å². The number of rotatable bonds is 6. The lowest BCUT2D eigenvalue weighted by molar-refractivity contribution is 0.0370. The van der Waals surface area contributed by atoms with E-state index in [-0.39, 0.29) is 0 Å². The van der Waals surface area contributed by atoms with Crippen LogP contribution in [0.3, 0.4) is 0 Å². The second kappa shape index (κ2) is 8.30. The fraction of sp³-hybridized carbons (Fsp3) is 0.667. The van der Waals surface area contributed by atoms with Crippen LogP contribution in [0.1, 0.15) is 37.9 Å². The van der Waals surface area contributed by atoms with Crippen molar-refractivity contribution >= 4 is 5.96 Å². The van der Waals surface area contributed by atoms with Gasteiger partial charge in [0.2, 0.25) is 0 Å². The van der Waals surface area contributed by atoms with Crippen molar-refractivity contribution in [3.8, 4) is 0 Å². The van der Waals surface area contributed by atoms with Crippen molar-refractivity contribution in [2.75, 3.05) is 32.7 Å². The van der Waals surface area contributed by atoms with Gasteiger partial charge in [-0.3, -0.25) is 9.89 Å². The van der Waals surface area contributed by atoms with Gasteiger partial charge in [-0.15, -0.1) is 6.58 Å². The minimum atomic E-state index is 0.756. The lowest BCUT2D eigenvalue weighted by Gasteiger charge is -2.48. The van der Waals surface area contributed by atoms with Crippen LogP contribution >= 0.6 is 0 Å². The molecule has 3 fully saturated rings. The number of guanidine groups is 1. The second-order valence-corrected chi connectivity index (χ2v) is 7.88. The molecule has 1 aliphatic carbocycles. The molecule has 3 aliphatic rings. The minimum Gasteiger partial charge on any atom is -0.469 e. The third-order valence-electron chi connectivity index (χ3n) is 6.03. The Balaban J connectivity index is 1.38. The average molecular weight is 357 g/mol. The largest absolute Gasteiger partial charge is 0.469 e. The molecule has 142 valence electrons. The van der Waals surface area contributed by atoms with E-state index in [1.807, 2.05) is 18.2 Å². The summed E-state index contributed by atoms with van der Waals surface area (Å²) in [5, 5.41) is 3.47. The van der Waals surface area contributed by atoms with Crippen LogP contribution in [0.15, 0.2) is 40.5 Å². The highest BCUT2D eigenvalue weighted by Crippen LogP contribution is 2.38. The number of likely N-dealkylation sites (tertiary alicyclic amines) is 2. The van der Waals surface area contributed by atoms with E-state index in [9.17, 15) is 0 Å². The van der Waals surface area contributed by atoms with Crippen LogP contribution in [-0.4, -0.2) is 60.6 Å². The average Bonchev–Trinajstić information content (AvgIpc) is 3.39. The zero-order valence-electron chi connectivity index (χ0n) is 15.8. The molecule has 1 saturated carbocycles. The molecule has 0 aromatic carbocycles. The molecule has 1 aromatic rings. The first kappa shape index (κ1) is 17.7. The first-order valence-electron chi connectivity index (χ1n) is 10.3. The van der Waals surface area contributed by atoms with Crippen LogP contribution in [0.2, 0.25) is 0 Å². The van der Waals surface area contributed by atoms with Gasteiger partial charge in [0.25, 0.3) is 0 Å². The molecular formula is C21H32N4O. The number of nitrogens with zero attached hydrogens (tertiary/aromatic N) is 3. The molecule has 5 heteroatoms. The van der Waals surface area contributed by atoms with Gasteiger partial charge in [-0.05, 0) is 56.7 Å². The Hall–Kier alpha value is -1.75. The summed E-state index contributed by atoms with van der Waals surface area (Å²) in [5.41, 5.74) is 0. The fourth-order valence-corrected chi connectivity index (χ4v) is 4.65. The van der Waals surface area contributed by atoms with Gasteiger partial charge in [0.05, 0.1) is 6.26 Å². The molecule has 1 N–H and O–H groups in total. The quantitative estimate of drug-likeness (QED) is 0.484. The van der Waals surface area contributed by atoms with Crippen LogP contribution in [0.4, 0.5) is 0 Å². The number of piperidine rings is 2. The molecule has 26 heavy (non-hydrogen) atoms. The monoisotopic (exact) mass is 356 g/mol. The smallest absolute Gasteiger partial charge is 0.194 e. The number of hydrogen-bond acceptors (Lipinski definition) is 3. The van der Waals surface area contributed by atoms with Gasteiger partial charge >= 0.3 is 0 Å². The maximum atomic E-state index is 5.43. The van der Waals surface area contributed by atoms with Crippen molar-refractivity contribution in [1.82, 2.24) is 15.1 Å². The highest BCUT2D eigenvalue weighted by molar-refractivity contribution is 5.80. The molecular weight excluding hydrogens is 324 g/mol. The number of hydrogen-bond donors (Lipinski definition) is 1. The molecule has 0 bridgehead atoms. The van der Waals surface area contributed by atoms with E-state index in [4.69, 9.17) is 9.41 Å². The Morgan fingerprint density at radius 1 is 1.31 bits per heavy atom. The molecule has 0 amide bonds. The van der Waals surface area contributed by atoms with Gasteiger partial charge in [-0.25, -0.2) is 0 Å². The van der Waals surface area contributed by atoms with Crippen molar-refractivity contribution in [3.63, 3.8) is 0 Å². The predicted molar refractivity (Wildman–Crippen MR) is 105 cm³/mol. The highest BCUT2D eigenvalue weighted by Gasteiger charge is 2.42. The molecule has 3 heterocycles. The Kier molecular flexibility index (Phi) is 5.63. The summed E-state index contributed by atoms with van der Waals surface area (Å²) >= 11 is 0. The molecule has 0 radical (unpaired) electrons. The van der Waals surface area contributed by atoms with Crippen molar-refractivity contribution in [3.05, 3.63) is 36.8 Å². The molecule has 4 rings (SSSR count). The summed E-state index contributed by atoms with van der Waals surface area (Å²) in [5.74, 6) is 2.83. The van der Waals surface area contributed by atoms with E-state index < -0.39 is 0 Å². The third-order valence-corrected chi connectivity index (χ3v) is 6.03. The predicted octanol–water partition coefficient (Wildman–Crippen LogP) is 2.90. The summed E-state index contributed by atoms with van der Waals surface area (Å²) in [6, 6.07) is 5.66. The Labute approximate surface area is 157 Å². The van der Waals surface area contributed by atoms with Gasteiger partial charge in [0.15, 0.2) is 5.96 Å². The van der Waals surface area contributed by atoms with Crippen molar-refractivity contribution in [2.45, 2.75) is 50.6 Å². The van der Waals surface area contributed by atoms with E-state index in [0.717, 1.165) is 62.3 Å². The number of furan rings is 1. The van der Waals surface area contributed by atoms with Crippen molar-refractivity contribution in [1.29, 1.82) is 0 Å². The van der Waals surface area contributed by atoms with Crippen molar-refractivity contribution in [2.24, 2.45) is 10.9 Å². The Bertz CT molecular complexity index is 608. The number of nitrogens with one attached hydrogen (secondary N) is 1. The van der Waals surface area contributed by atoms with Gasteiger partial charge in [0.1, 0.15) is 5.76 Å². The van der Waals surface area contributed by atoms with Crippen LogP contribution in [-0.2, 0) is 6.42 Å². The fourth-order valence-electron chi connectivity index (χ4n) is 4.65. The second-order valence-electron chi connectivity index (χ2n) is 7.88. The van der Waals surface area contributed by atoms with Gasteiger partial charge in [-0.2, -0.15) is 0 Å². The van der Waals surface area contributed by atoms with E-state index in [0.29, 0.717) is 0 Å². The number of fused-ring (bicyclic) bond motifs is 1. The lowest BCUT2D eigenvalue weighted by atomic mass is 9.83. The Morgan fingerprint density at radius 3 is 3.00 bits per heavy atom. The summed E-state index contributed by atoms with van der Waals surface area (Å²) in [7, 11) is 0. The van der Waals surface area contributed by atoms with Gasteiger partial charge in [-0.1, -0.05) is 6.08 Å². The third kappa shape index (κ3) is 4.14. The molecule has 2 aliphatic heterocycles. The first-order valence-corrected chi connectivity index (χ1v) is 10.3. The first-order chi connectivity index (χ1) is 12.8. The van der Waals surface area contributed by atoms with Crippen LogP contribution in [0.25, 0.3) is 0 Å². The highest BCUT2D eigenvalue weighted by atomic mass is 16.3.